The second-order valence-electron chi connectivity index (χ2n) is 7.93. The van der Waals surface area contributed by atoms with Gasteiger partial charge in [-0.1, -0.05) is 12.1 Å². The van der Waals surface area contributed by atoms with Crippen molar-refractivity contribution in [3.05, 3.63) is 47.9 Å². The molecule has 0 saturated heterocycles. The van der Waals surface area contributed by atoms with Crippen LogP contribution in [0.15, 0.2) is 36.8 Å². The molecule has 1 amide bonds. The third-order valence-corrected chi connectivity index (χ3v) is 5.38. The Kier molecular flexibility index (Phi) is 7.67. The molecule has 3 aromatic rings. The minimum Gasteiger partial charge on any atom is -0.427 e. The lowest BCUT2D eigenvalue weighted by molar-refractivity contribution is -0.280. The van der Waals surface area contributed by atoms with E-state index in [1.165, 1.54) is 24.9 Å². The van der Waals surface area contributed by atoms with Crippen LogP contribution in [-0.2, 0) is 31.2 Å². The molecule has 0 bridgehead atoms. The van der Waals surface area contributed by atoms with Crippen LogP contribution in [-0.4, -0.2) is 57.7 Å². The first-order chi connectivity index (χ1) is 17.6. The van der Waals surface area contributed by atoms with Gasteiger partial charge in [-0.15, -0.1) is 0 Å². The van der Waals surface area contributed by atoms with Crippen LogP contribution in [0.4, 0.5) is 32.2 Å². The number of alkyl halides is 6. The van der Waals surface area contributed by atoms with Crippen LogP contribution in [0.25, 0.3) is 22.5 Å². The molecule has 4 N–H and O–H groups in total. The maximum Gasteiger partial charge on any atom is 0.490 e. The number of methoxy groups -OCH3 is 1. The highest BCUT2D eigenvalue weighted by Gasteiger charge is 2.66. The standard InChI is InChI=1S/C22H20F6N6O4/c1-11-3-4-13(20(18(30)35,22(26,27)28)38-19(36)21(23,24)25)7-14(11)15-9-31-17(29)16(33-15)12-8-32-34(10-12)5-6-37-2/h3-4,7-10H,5-6H2,1-2H3,(H2,29,31)(H2,30,35). The highest BCUT2D eigenvalue weighted by atomic mass is 19.4. The molecule has 2 heterocycles. The summed E-state index contributed by atoms with van der Waals surface area (Å²) in [6.45, 7) is 2.21. The number of aryl methyl sites for hydroxylation is 1. The summed E-state index contributed by atoms with van der Waals surface area (Å²) in [4.78, 5) is 31.8. The molecular formula is C22H20F6N6O4. The summed E-state index contributed by atoms with van der Waals surface area (Å²) in [6, 6.07) is 2.44. The Balaban J connectivity index is 2.17. The Morgan fingerprint density at radius 3 is 2.37 bits per heavy atom. The number of nitrogen functional groups attached to an aromatic ring is 1. The Bertz CT molecular complexity index is 1360. The fourth-order valence-corrected chi connectivity index (χ4v) is 3.46. The summed E-state index contributed by atoms with van der Waals surface area (Å²) in [5.74, 6) is -5.68. The number of aromatic nitrogens is 4. The van der Waals surface area contributed by atoms with Crippen molar-refractivity contribution in [1.82, 2.24) is 19.7 Å². The molecule has 0 saturated carbocycles. The van der Waals surface area contributed by atoms with E-state index >= 15 is 0 Å². The third-order valence-electron chi connectivity index (χ3n) is 5.38. The lowest BCUT2D eigenvalue weighted by atomic mass is 9.88. The number of benzene rings is 1. The number of ether oxygens (including phenoxy) is 2. The number of nitrogens with two attached hydrogens (primary N) is 2. The van der Waals surface area contributed by atoms with Crippen LogP contribution in [0, 0.1) is 6.92 Å². The molecule has 0 spiro atoms. The normalized spacial score (nSPS) is 13.7. The number of halogens is 6. The predicted molar refractivity (Wildman–Crippen MR) is 119 cm³/mol. The number of esters is 1. The number of nitrogens with zero attached hydrogens (tertiary/aromatic N) is 4. The quantitative estimate of drug-likeness (QED) is 0.324. The van der Waals surface area contributed by atoms with Crippen molar-refractivity contribution in [3.8, 4) is 22.5 Å². The van der Waals surface area contributed by atoms with Gasteiger partial charge in [-0.3, -0.25) is 9.48 Å². The zero-order valence-electron chi connectivity index (χ0n) is 19.7. The summed E-state index contributed by atoms with van der Waals surface area (Å²) < 4.78 is 91.1. The van der Waals surface area contributed by atoms with Gasteiger partial charge < -0.3 is 20.9 Å². The molecule has 1 unspecified atom stereocenters. The Labute approximate surface area is 210 Å². The molecule has 1 atom stereocenters. The fourth-order valence-electron chi connectivity index (χ4n) is 3.46. The number of primary amides is 1. The first kappa shape index (κ1) is 28.4. The maximum atomic E-state index is 14.1. The first-order valence-electron chi connectivity index (χ1n) is 10.5. The molecule has 0 fully saturated rings. The number of rotatable bonds is 8. The van der Waals surface area contributed by atoms with E-state index in [9.17, 15) is 35.9 Å². The smallest absolute Gasteiger partial charge is 0.427 e. The first-order valence-corrected chi connectivity index (χ1v) is 10.5. The highest BCUT2D eigenvalue weighted by Crippen LogP contribution is 2.45. The van der Waals surface area contributed by atoms with Crippen molar-refractivity contribution >= 4 is 17.7 Å². The van der Waals surface area contributed by atoms with E-state index in [1.807, 2.05) is 0 Å². The van der Waals surface area contributed by atoms with Crippen molar-refractivity contribution in [1.29, 1.82) is 0 Å². The number of carbonyl (C=O) groups is 2. The van der Waals surface area contributed by atoms with Crippen LogP contribution >= 0.6 is 0 Å². The third kappa shape index (κ3) is 5.39. The molecule has 1 aromatic carbocycles. The molecular weight excluding hydrogens is 526 g/mol. The second kappa shape index (κ2) is 10.3. The van der Waals surface area contributed by atoms with Gasteiger partial charge in [0.15, 0.2) is 0 Å². The summed E-state index contributed by atoms with van der Waals surface area (Å²) >= 11 is 0. The molecule has 38 heavy (non-hydrogen) atoms. The Hall–Kier alpha value is -4.21. The van der Waals surface area contributed by atoms with Crippen LogP contribution in [0.3, 0.4) is 0 Å². The molecule has 10 nitrogen and oxygen atoms in total. The molecule has 0 radical (unpaired) electrons. The SMILES string of the molecule is COCCn1cc(-c2nc(-c3cc(C(OC(=O)C(F)(F)F)(C(N)=O)C(F)(F)F)ccc3C)cnc2N)cn1. The monoisotopic (exact) mass is 546 g/mol. The second-order valence-corrected chi connectivity index (χ2v) is 7.93. The molecule has 0 aliphatic carbocycles. The molecule has 0 aliphatic rings. The Morgan fingerprint density at radius 1 is 1.11 bits per heavy atom. The van der Waals surface area contributed by atoms with E-state index in [4.69, 9.17) is 16.2 Å². The van der Waals surface area contributed by atoms with Crippen molar-refractivity contribution < 1.29 is 45.4 Å². The van der Waals surface area contributed by atoms with Gasteiger partial charge in [0.25, 0.3) is 5.91 Å². The zero-order chi connectivity index (χ0) is 28.5. The van der Waals surface area contributed by atoms with E-state index < -0.39 is 35.4 Å². The molecule has 2 aromatic heterocycles. The van der Waals surface area contributed by atoms with E-state index in [1.54, 1.807) is 6.20 Å². The summed E-state index contributed by atoms with van der Waals surface area (Å²) in [6.07, 6.45) is -7.60. The number of carbonyl (C=O) groups excluding carboxylic acids is 2. The molecule has 16 heteroatoms. The van der Waals surface area contributed by atoms with Gasteiger partial charge >= 0.3 is 23.9 Å². The minimum atomic E-state index is -5.86. The topological polar surface area (TPSA) is 148 Å². The van der Waals surface area contributed by atoms with Crippen molar-refractivity contribution in [2.45, 2.75) is 31.4 Å². The zero-order valence-corrected chi connectivity index (χ0v) is 19.7. The number of amides is 1. The lowest BCUT2D eigenvalue weighted by Crippen LogP contribution is -2.57. The summed E-state index contributed by atoms with van der Waals surface area (Å²) in [5.41, 5.74) is 5.87. The largest absolute Gasteiger partial charge is 0.490 e. The van der Waals surface area contributed by atoms with Crippen molar-refractivity contribution in [3.63, 3.8) is 0 Å². The summed E-state index contributed by atoms with van der Waals surface area (Å²) in [5, 5.41) is 4.13. The van der Waals surface area contributed by atoms with Crippen molar-refractivity contribution in [2.75, 3.05) is 19.5 Å². The van der Waals surface area contributed by atoms with Gasteiger partial charge in [0.2, 0.25) is 0 Å². The molecule has 204 valence electrons. The van der Waals surface area contributed by atoms with E-state index in [-0.39, 0.29) is 28.3 Å². The van der Waals surface area contributed by atoms with Crippen LogP contribution < -0.4 is 11.5 Å². The maximum absolute atomic E-state index is 14.1. The lowest BCUT2D eigenvalue weighted by Gasteiger charge is -2.33. The molecule has 3 rings (SSSR count). The van der Waals surface area contributed by atoms with Crippen LogP contribution in [0.1, 0.15) is 11.1 Å². The summed E-state index contributed by atoms with van der Waals surface area (Å²) in [7, 11) is 1.50. The average Bonchev–Trinajstić information content (AvgIpc) is 3.29. The van der Waals surface area contributed by atoms with Crippen molar-refractivity contribution in [2.24, 2.45) is 5.73 Å². The van der Waals surface area contributed by atoms with E-state index in [0.29, 0.717) is 30.8 Å². The van der Waals surface area contributed by atoms with Gasteiger partial charge in [0.05, 0.1) is 31.2 Å². The van der Waals surface area contributed by atoms with Gasteiger partial charge in [-0.25, -0.2) is 14.8 Å². The van der Waals surface area contributed by atoms with Gasteiger partial charge in [0, 0.05) is 30.0 Å². The van der Waals surface area contributed by atoms with E-state index in [0.717, 1.165) is 12.3 Å². The van der Waals surface area contributed by atoms with Gasteiger partial charge in [-0.2, -0.15) is 31.4 Å². The Morgan fingerprint density at radius 2 is 1.79 bits per heavy atom. The number of anilines is 1. The fraction of sp³-hybridized carbons (Fsp3) is 0.318. The van der Waals surface area contributed by atoms with E-state index in [2.05, 4.69) is 19.8 Å². The average molecular weight is 546 g/mol. The number of hydrogen-bond acceptors (Lipinski definition) is 8. The van der Waals surface area contributed by atoms with Crippen LogP contribution in [0.5, 0.6) is 0 Å². The number of hydrogen-bond donors (Lipinski definition) is 2. The molecule has 0 aliphatic heterocycles. The van der Waals surface area contributed by atoms with Gasteiger partial charge in [-0.05, 0) is 18.6 Å². The highest BCUT2D eigenvalue weighted by molar-refractivity contribution is 5.90. The minimum absolute atomic E-state index is 0.0465. The van der Waals surface area contributed by atoms with Gasteiger partial charge in [0.1, 0.15) is 11.5 Å². The predicted octanol–water partition coefficient (Wildman–Crippen LogP) is 2.89. The van der Waals surface area contributed by atoms with Crippen LogP contribution in [0.2, 0.25) is 0 Å².